The second-order valence-corrected chi connectivity index (χ2v) is 6.78. The van der Waals surface area contributed by atoms with Gasteiger partial charge in [-0.25, -0.2) is 4.98 Å². The number of ether oxygens (including phenoxy) is 1. The van der Waals surface area contributed by atoms with Crippen molar-refractivity contribution >= 4 is 29.3 Å². The summed E-state index contributed by atoms with van der Waals surface area (Å²) in [5.74, 6) is 0.308. The number of nitrogens with one attached hydrogen (secondary N) is 1. The lowest BCUT2D eigenvalue weighted by atomic mass is 10.2. The summed E-state index contributed by atoms with van der Waals surface area (Å²) in [7, 11) is 1.68. The van der Waals surface area contributed by atoms with E-state index in [1.165, 1.54) is 11.8 Å². The normalized spacial score (nSPS) is 10.8. The molecule has 0 aliphatic heterocycles. The molecule has 0 saturated heterocycles. The number of methoxy groups -OCH3 is 1. The number of carbonyl (C=O) groups excluding carboxylic acids is 1. The van der Waals surface area contributed by atoms with Crippen LogP contribution in [0, 0.1) is 13.8 Å². The van der Waals surface area contributed by atoms with Crippen molar-refractivity contribution in [3.05, 3.63) is 46.2 Å². The first-order valence-electron chi connectivity index (χ1n) is 7.68. The summed E-state index contributed by atoms with van der Waals surface area (Å²) in [5.41, 5.74) is 3.11. The van der Waals surface area contributed by atoms with E-state index in [9.17, 15) is 4.79 Å². The van der Waals surface area contributed by atoms with E-state index in [0.29, 0.717) is 23.9 Å². The van der Waals surface area contributed by atoms with Crippen LogP contribution in [0.2, 0.25) is 5.02 Å². The van der Waals surface area contributed by atoms with Crippen molar-refractivity contribution in [2.24, 2.45) is 0 Å². The first-order chi connectivity index (χ1) is 11.5. The van der Waals surface area contributed by atoms with Crippen LogP contribution in [0.5, 0.6) is 0 Å². The molecule has 130 valence electrons. The third-order valence-corrected chi connectivity index (χ3v) is 4.91. The van der Waals surface area contributed by atoms with Crippen LogP contribution < -0.4 is 5.32 Å². The first-order valence-corrected chi connectivity index (χ1v) is 9.04. The molecule has 1 aromatic carbocycles. The Kier molecular flexibility index (Phi) is 7.15. The number of imidazole rings is 1. The molecule has 1 aromatic heterocycles. The summed E-state index contributed by atoms with van der Waals surface area (Å²) in [6.45, 7) is 5.85. The largest absolute Gasteiger partial charge is 0.383 e. The quantitative estimate of drug-likeness (QED) is 0.728. The Morgan fingerprint density at radius 3 is 2.71 bits per heavy atom. The highest BCUT2D eigenvalue weighted by Crippen LogP contribution is 2.21. The molecule has 0 aliphatic rings. The van der Waals surface area contributed by atoms with Crippen molar-refractivity contribution in [3.8, 4) is 0 Å². The smallest absolute Gasteiger partial charge is 0.230 e. The van der Waals surface area contributed by atoms with Gasteiger partial charge in [-0.15, -0.1) is 0 Å². The highest BCUT2D eigenvalue weighted by atomic mass is 35.5. The van der Waals surface area contributed by atoms with Crippen molar-refractivity contribution in [3.63, 3.8) is 0 Å². The standard InChI is InChI=1S/C17H22ClN3O2S/c1-12-13(2)21(8-9-23-3)17(20-12)24-11-16(22)19-10-14-4-6-15(18)7-5-14/h4-7H,8-11H2,1-3H3,(H,19,22). The van der Waals surface area contributed by atoms with E-state index in [0.717, 1.165) is 28.7 Å². The molecule has 24 heavy (non-hydrogen) atoms. The molecule has 2 rings (SSSR count). The molecule has 0 fully saturated rings. The molecule has 0 atom stereocenters. The third-order valence-electron chi connectivity index (χ3n) is 3.68. The molecular weight excluding hydrogens is 346 g/mol. The molecule has 1 heterocycles. The zero-order valence-electron chi connectivity index (χ0n) is 14.1. The van der Waals surface area contributed by atoms with Gasteiger partial charge in [0.05, 0.1) is 18.1 Å². The van der Waals surface area contributed by atoms with Gasteiger partial charge in [0.15, 0.2) is 5.16 Å². The second-order valence-electron chi connectivity index (χ2n) is 5.40. The summed E-state index contributed by atoms with van der Waals surface area (Å²) in [5, 5.41) is 4.45. The predicted octanol–water partition coefficient (Wildman–Crippen LogP) is 3.21. The molecule has 0 aliphatic carbocycles. The van der Waals surface area contributed by atoms with Crippen LogP contribution in [0.25, 0.3) is 0 Å². The van der Waals surface area contributed by atoms with Gasteiger partial charge in [-0.3, -0.25) is 4.79 Å². The van der Waals surface area contributed by atoms with Crippen LogP contribution in [-0.4, -0.2) is 34.9 Å². The lowest BCUT2D eigenvalue weighted by Crippen LogP contribution is -2.24. The van der Waals surface area contributed by atoms with Gasteiger partial charge in [-0.2, -0.15) is 0 Å². The van der Waals surface area contributed by atoms with Gasteiger partial charge < -0.3 is 14.6 Å². The Bertz CT molecular complexity index is 686. The average molecular weight is 368 g/mol. The minimum atomic E-state index is -0.0217. The van der Waals surface area contributed by atoms with Gasteiger partial charge in [0.2, 0.25) is 5.91 Å². The number of amides is 1. The van der Waals surface area contributed by atoms with E-state index < -0.39 is 0 Å². The number of rotatable bonds is 8. The van der Waals surface area contributed by atoms with Crippen molar-refractivity contribution in [2.45, 2.75) is 32.1 Å². The highest BCUT2D eigenvalue weighted by molar-refractivity contribution is 7.99. The van der Waals surface area contributed by atoms with E-state index in [2.05, 4.69) is 14.9 Å². The van der Waals surface area contributed by atoms with Gasteiger partial charge in [0.1, 0.15) is 0 Å². The Labute approximate surface area is 151 Å². The SMILES string of the molecule is COCCn1c(SCC(=O)NCc2ccc(Cl)cc2)nc(C)c1C. The van der Waals surface area contributed by atoms with Crippen LogP contribution in [0.1, 0.15) is 17.0 Å². The van der Waals surface area contributed by atoms with Crippen LogP contribution in [0.4, 0.5) is 0 Å². The summed E-state index contributed by atoms with van der Waals surface area (Å²) in [4.78, 5) is 16.6. The van der Waals surface area contributed by atoms with Gasteiger partial charge >= 0.3 is 0 Å². The predicted molar refractivity (Wildman–Crippen MR) is 97.6 cm³/mol. The van der Waals surface area contributed by atoms with E-state index in [1.54, 1.807) is 7.11 Å². The number of aryl methyl sites for hydroxylation is 1. The average Bonchev–Trinajstić information content (AvgIpc) is 2.84. The van der Waals surface area contributed by atoms with Crippen molar-refractivity contribution < 1.29 is 9.53 Å². The van der Waals surface area contributed by atoms with Crippen molar-refractivity contribution in [1.29, 1.82) is 0 Å². The van der Waals surface area contributed by atoms with Crippen LogP contribution in [0.15, 0.2) is 29.4 Å². The lowest BCUT2D eigenvalue weighted by Gasteiger charge is -2.09. The Morgan fingerprint density at radius 1 is 1.33 bits per heavy atom. The number of hydrogen-bond donors (Lipinski definition) is 1. The maximum Gasteiger partial charge on any atom is 0.230 e. The van der Waals surface area contributed by atoms with Crippen molar-refractivity contribution in [2.75, 3.05) is 19.5 Å². The fourth-order valence-corrected chi connectivity index (χ4v) is 3.24. The van der Waals surface area contributed by atoms with Crippen LogP contribution >= 0.6 is 23.4 Å². The summed E-state index contributed by atoms with van der Waals surface area (Å²) in [6.07, 6.45) is 0. The molecule has 2 aromatic rings. The molecule has 1 N–H and O–H groups in total. The van der Waals surface area contributed by atoms with Gasteiger partial charge in [0.25, 0.3) is 0 Å². The minimum absolute atomic E-state index is 0.0217. The van der Waals surface area contributed by atoms with Crippen LogP contribution in [0.3, 0.4) is 0 Å². The second kappa shape index (κ2) is 9.11. The molecule has 0 unspecified atom stereocenters. The molecule has 0 radical (unpaired) electrons. The Balaban J connectivity index is 1.87. The Hall–Kier alpha value is -1.50. The zero-order valence-corrected chi connectivity index (χ0v) is 15.7. The molecule has 1 amide bonds. The van der Waals surface area contributed by atoms with Crippen LogP contribution in [-0.2, 0) is 22.6 Å². The fourth-order valence-electron chi connectivity index (χ4n) is 2.16. The van der Waals surface area contributed by atoms with Crippen molar-refractivity contribution in [1.82, 2.24) is 14.9 Å². The van der Waals surface area contributed by atoms with E-state index in [-0.39, 0.29) is 5.91 Å². The van der Waals surface area contributed by atoms with Gasteiger partial charge in [-0.1, -0.05) is 35.5 Å². The number of halogens is 1. The number of aromatic nitrogens is 2. The number of hydrogen-bond acceptors (Lipinski definition) is 4. The van der Waals surface area contributed by atoms with Gasteiger partial charge in [0, 0.05) is 30.9 Å². The monoisotopic (exact) mass is 367 g/mol. The molecule has 5 nitrogen and oxygen atoms in total. The number of thioether (sulfide) groups is 1. The molecule has 7 heteroatoms. The molecular formula is C17H22ClN3O2S. The summed E-state index contributed by atoms with van der Waals surface area (Å²) in [6, 6.07) is 7.44. The highest BCUT2D eigenvalue weighted by Gasteiger charge is 2.13. The number of carbonyl (C=O) groups is 1. The summed E-state index contributed by atoms with van der Waals surface area (Å²) < 4.78 is 7.23. The maximum absolute atomic E-state index is 12.1. The number of nitrogens with zero attached hydrogens (tertiary/aromatic N) is 2. The van der Waals surface area contributed by atoms with E-state index in [4.69, 9.17) is 16.3 Å². The van der Waals surface area contributed by atoms with E-state index >= 15 is 0 Å². The van der Waals surface area contributed by atoms with Gasteiger partial charge in [-0.05, 0) is 31.5 Å². The first kappa shape index (κ1) is 18.8. The zero-order chi connectivity index (χ0) is 17.5. The molecule has 0 saturated carbocycles. The van der Waals surface area contributed by atoms with E-state index in [1.807, 2.05) is 38.1 Å². The third kappa shape index (κ3) is 5.26. The molecule has 0 bridgehead atoms. The number of benzene rings is 1. The maximum atomic E-state index is 12.1. The molecule has 0 spiro atoms. The minimum Gasteiger partial charge on any atom is -0.383 e. The Morgan fingerprint density at radius 2 is 2.04 bits per heavy atom. The lowest BCUT2D eigenvalue weighted by molar-refractivity contribution is -0.118. The summed E-state index contributed by atoms with van der Waals surface area (Å²) >= 11 is 7.29. The fraction of sp³-hybridized carbons (Fsp3) is 0.412. The topological polar surface area (TPSA) is 56.1 Å².